The van der Waals surface area contributed by atoms with Crippen LogP contribution in [0.3, 0.4) is 0 Å². The highest BCUT2D eigenvalue weighted by molar-refractivity contribution is 6.31. The van der Waals surface area contributed by atoms with Gasteiger partial charge in [-0.2, -0.15) is 0 Å². The molecule has 1 saturated heterocycles. The molecule has 1 fully saturated rings. The number of carbonyl (C=O) groups excluding carboxylic acids is 1. The van der Waals surface area contributed by atoms with Gasteiger partial charge in [0, 0.05) is 11.9 Å². The van der Waals surface area contributed by atoms with E-state index in [2.05, 4.69) is 49.9 Å². The van der Waals surface area contributed by atoms with Crippen LogP contribution in [0, 0.1) is 19.8 Å². The number of carbonyl (C=O) groups is 1. The molecule has 1 aromatic rings. The number of rotatable bonds is 3. The van der Waals surface area contributed by atoms with Crippen LogP contribution in [0.1, 0.15) is 55.7 Å². The number of hydrogen-bond acceptors (Lipinski definition) is 2. The molecule has 0 unspecified atom stereocenters. The minimum absolute atomic E-state index is 0.333. The molecule has 0 aliphatic carbocycles. The molecule has 1 aliphatic heterocycles. The summed E-state index contributed by atoms with van der Waals surface area (Å²) in [7, 11) is 0. The molecule has 0 radical (unpaired) electrons. The van der Waals surface area contributed by atoms with Crippen LogP contribution in [-0.4, -0.2) is 19.0 Å². The molecule has 0 aromatic heterocycles. The Labute approximate surface area is 146 Å². The maximum absolute atomic E-state index is 9.22. The van der Waals surface area contributed by atoms with E-state index >= 15 is 0 Å². The van der Waals surface area contributed by atoms with Crippen molar-refractivity contribution in [2.75, 3.05) is 13.1 Å². The van der Waals surface area contributed by atoms with Crippen molar-refractivity contribution in [2.45, 2.75) is 52.4 Å². The molecule has 0 spiro atoms. The fourth-order valence-electron chi connectivity index (χ4n) is 2.76. The number of nitrogens with two attached hydrogens (primary N) is 1. The third-order valence-electron chi connectivity index (χ3n) is 3.72. The van der Waals surface area contributed by atoms with Crippen LogP contribution in [0.4, 0.5) is 0 Å². The Morgan fingerprint density at radius 3 is 2.35 bits per heavy atom. The Bertz CT molecular complexity index is 502. The van der Waals surface area contributed by atoms with E-state index in [1.807, 2.05) is 0 Å². The second-order valence-corrected chi connectivity index (χ2v) is 6.09. The summed E-state index contributed by atoms with van der Waals surface area (Å²) >= 11 is 6.29. The van der Waals surface area contributed by atoms with Crippen LogP contribution in [-0.2, 0) is 11.2 Å². The lowest BCUT2D eigenvalue weighted by Gasteiger charge is -2.26. The highest BCUT2D eigenvalue weighted by Gasteiger charge is 2.18. The lowest BCUT2D eigenvalue weighted by molar-refractivity contribution is -0.115. The molecule has 3 N–H and O–H groups in total. The van der Waals surface area contributed by atoms with Crippen molar-refractivity contribution in [3.63, 3.8) is 0 Å². The third kappa shape index (κ3) is 8.06. The van der Waals surface area contributed by atoms with Gasteiger partial charge in [-0.15, -0.1) is 12.8 Å². The van der Waals surface area contributed by atoms with Crippen molar-refractivity contribution in [2.24, 2.45) is 5.73 Å². The van der Waals surface area contributed by atoms with E-state index in [9.17, 15) is 4.79 Å². The minimum atomic E-state index is -0.333. The van der Waals surface area contributed by atoms with E-state index in [1.165, 1.54) is 49.3 Å². The van der Waals surface area contributed by atoms with Crippen molar-refractivity contribution in [3.05, 3.63) is 33.8 Å². The molecule has 1 heterocycles. The highest BCUT2D eigenvalue weighted by atomic mass is 35.5. The number of benzene rings is 1. The SMILES string of the molecule is C#C.CC(N)=O.CCCc1cc(C)c(Cl)cc1C1CCNCC1. The third-order valence-corrected chi connectivity index (χ3v) is 4.13. The van der Waals surface area contributed by atoms with Gasteiger partial charge < -0.3 is 11.1 Å². The summed E-state index contributed by atoms with van der Waals surface area (Å²) < 4.78 is 0. The van der Waals surface area contributed by atoms with Crippen molar-refractivity contribution >= 4 is 17.5 Å². The maximum Gasteiger partial charge on any atom is 0.214 e. The Kier molecular flexibility index (Phi) is 11.2. The topological polar surface area (TPSA) is 55.1 Å². The van der Waals surface area contributed by atoms with E-state index < -0.39 is 0 Å². The number of amides is 1. The normalized spacial score (nSPS) is 14.0. The van der Waals surface area contributed by atoms with Crippen LogP contribution in [0.2, 0.25) is 5.02 Å². The summed E-state index contributed by atoms with van der Waals surface area (Å²) in [6.45, 7) is 7.94. The molecule has 1 aromatic carbocycles. The van der Waals surface area contributed by atoms with Crippen molar-refractivity contribution in [1.29, 1.82) is 0 Å². The van der Waals surface area contributed by atoms with Gasteiger partial charge in [0.25, 0.3) is 0 Å². The molecule has 2 rings (SSSR count). The molecule has 23 heavy (non-hydrogen) atoms. The van der Waals surface area contributed by atoms with Crippen molar-refractivity contribution in [3.8, 4) is 12.8 Å². The monoisotopic (exact) mass is 336 g/mol. The molecule has 1 amide bonds. The first-order chi connectivity index (χ1) is 11.0. The maximum atomic E-state index is 9.22. The highest BCUT2D eigenvalue weighted by Crippen LogP contribution is 2.32. The van der Waals surface area contributed by atoms with E-state index in [-0.39, 0.29) is 5.91 Å². The molecule has 1 aliphatic rings. The summed E-state index contributed by atoms with van der Waals surface area (Å²) in [4.78, 5) is 9.22. The number of piperidine rings is 1. The fourth-order valence-corrected chi connectivity index (χ4v) is 2.93. The predicted octanol–water partition coefficient (Wildman–Crippen LogP) is 3.81. The van der Waals surface area contributed by atoms with Crippen LogP contribution >= 0.6 is 11.6 Å². The summed E-state index contributed by atoms with van der Waals surface area (Å²) in [6.07, 6.45) is 12.9. The lowest BCUT2D eigenvalue weighted by Crippen LogP contribution is -2.27. The largest absolute Gasteiger partial charge is 0.370 e. The minimum Gasteiger partial charge on any atom is -0.370 e. The molecule has 3 nitrogen and oxygen atoms in total. The lowest BCUT2D eigenvalue weighted by atomic mass is 9.85. The van der Waals surface area contributed by atoms with Crippen LogP contribution < -0.4 is 11.1 Å². The number of terminal acetylenes is 1. The van der Waals surface area contributed by atoms with Gasteiger partial charge >= 0.3 is 0 Å². The van der Waals surface area contributed by atoms with E-state index in [4.69, 9.17) is 11.6 Å². The Morgan fingerprint density at radius 1 is 1.35 bits per heavy atom. The predicted molar refractivity (Wildman–Crippen MR) is 99.8 cm³/mol. The summed E-state index contributed by atoms with van der Waals surface area (Å²) in [5.41, 5.74) is 8.71. The first kappa shape index (κ1) is 21.5. The van der Waals surface area contributed by atoms with E-state index in [0.717, 1.165) is 18.1 Å². The molecule has 0 saturated carbocycles. The quantitative estimate of drug-likeness (QED) is 0.825. The van der Waals surface area contributed by atoms with Gasteiger partial charge in [0.2, 0.25) is 5.91 Å². The Hall–Kier alpha value is -1.50. The molecule has 4 heteroatoms. The number of halogens is 1. The zero-order chi connectivity index (χ0) is 17.8. The van der Waals surface area contributed by atoms with Crippen molar-refractivity contribution < 1.29 is 4.79 Å². The van der Waals surface area contributed by atoms with Crippen LogP contribution in [0.5, 0.6) is 0 Å². The molecular weight excluding hydrogens is 308 g/mol. The van der Waals surface area contributed by atoms with Gasteiger partial charge in [0.15, 0.2) is 0 Å². The van der Waals surface area contributed by atoms with Gasteiger partial charge in [-0.25, -0.2) is 0 Å². The van der Waals surface area contributed by atoms with E-state index in [0.29, 0.717) is 5.92 Å². The number of primary amides is 1. The second kappa shape index (κ2) is 12.0. The smallest absolute Gasteiger partial charge is 0.214 e. The van der Waals surface area contributed by atoms with Crippen LogP contribution in [0.25, 0.3) is 0 Å². The summed E-state index contributed by atoms with van der Waals surface area (Å²) in [5.74, 6) is 0.371. The average Bonchev–Trinajstić information content (AvgIpc) is 2.53. The van der Waals surface area contributed by atoms with Gasteiger partial charge in [-0.05, 0) is 68.0 Å². The molecule has 0 atom stereocenters. The summed E-state index contributed by atoms with van der Waals surface area (Å²) in [6, 6.07) is 4.51. The number of nitrogens with one attached hydrogen (secondary N) is 1. The Morgan fingerprint density at radius 2 is 1.87 bits per heavy atom. The second-order valence-electron chi connectivity index (χ2n) is 5.69. The Balaban J connectivity index is 0.000000705. The number of hydrogen-bond donors (Lipinski definition) is 2. The zero-order valence-corrected chi connectivity index (χ0v) is 15.2. The van der Waals surface area contributed by atoms with Gasteiger partial charge in [0.05, 0.1) is 0 Å². The number of aryl methyl sites for hydroxylation is 2. The van der Waals surface area contributed by atoms with Gasteiger partial charge in [-0.1, -0.05) is 31.0 Å². The average molecular weight is 337 g/mol. The van der Waals surface area contributed by atoms with Crippen LogP contribution in [0.15, 0.2) is 12.1 Å². The molecule has 128 valence electrons. The first-order valence-corrected chi connectivity index (χ1v) is 8.42. The standard InChI is InChI=1S/C15H22ClN.C2H5NO.C2H2/c1-3-4-13-9-11(2)15(16)10-14(13)12-5-7-17-8-6-12;1-2(3)4;1-2/h9-10,12,17H,3-8H2,1-2H3;1H3,(H2,3,4);1-2H. The summed E-state index contributed by atoms with van der Waals surface area (Å²) in [5, 5.41) is 4.36. The fraction of sp³-hybridized carbons (Fsp3) is 0.526. The van der Waals surface area contributed by atoms with Gasteiger partial charge in [0.1, 0.15) is 0 Å². The van der Waals surface area contributed by atoms with Gasteiger partial charge in [-0.3, -0.25) is 4.79 Å². The zero-order valence-electron chi connectivity index (χ0n) is 14.5. The molecular formula is C19H29ClN2O. The van der Waals surface area contributed by atoms with Crippen molar-refractivity contribution in [1.82, 2.24) is 5.32 Å². The molecule has 0 bridgehead atoms. The first-order valence-electron chi connectivity index (χ1n) is 8.04. The van der Waals surface area contributed by atoms with E-state index in [1.54, 1.807) is 0 Å².